The third-order valence-electron chi connectivity index (χ3n) is 1.40. The summed E-state index contributed by atoms with van der Waals surface area (Å²) < 4.78 is 1.70. The normalized spacial score (nSPS) is 9.27. The summed E-state index contributed by atoms with van der Waals surface area (Å²) >= 11 is 6.63. The lowest BCUT2D eigenvalue weighted by molar-refractivity contribution is 1.36. The maximum absolute atomic E-state index is 8.71. The molecule has 0 saturated carbocycles. The van der Waals surface area contributed by atoms with Crippen molar-refractivity contribution in [2.45, 2.75) is 6.92 Å². The Balaban J connectivity index is 3.44. The molecule has 0 aliphatic carbocycles. The van der Waals surface area contributed by atoms with Crippen LogP contribution in [-0.2, 0) is 0 Å². The van der Waals surface area contributed by atoms with Crippen molar-refractivity contribution in [3.05, 3.63) is 32.2 Å². The fraction of sp³-hybridized carbons (Fsp3) is 0.125. The minimum Gasteiger partial charge on any atom is -0.192 e. The van der Waals surface area contributed by atoms with Crippen molar-refractivity contribution < 1.29 is 0 Å². The van der Waals surface area contributed by atoms with Gasteiger partial charge in [0.15, 0.2) is 0 Å². The second-order valence-electron chi connectivity index (χ2n) is 2.17. The lowest BCUT2D eigenvalue weighted by atomic mass is 10.2. The van der Waals surface area contributed by atoms with Crippen molar-refractivity contribution in [3.63, 3.8) is 0 Å². The van der Waals surface area contributed by atoms with Gasteiger partial charge in [0.1, 0.15) is 6.07 Å². The van der Waals surface area contributed by atoms with Crippen molar-refractivity contribution in [1.29, 1.82) is 5.26 Å². The van der Waals surface area contributed by atoms with Crippen molar-refractivity contribution >= 4 is 31.9 Å². The van der Waals surface area contributed by atoms with Gasteiger partial charge in [-0.25, -0.2) is 0 Å². The summed E-state index contributed by atoms with van der Waals surface area (Å²) in [4.78, 5) is 0. The van der Waals surface area contributed by atoms with Crippen LogP contribution in [0.5, 0.6) is 0 Å². The molecule has 1 nitrogen and oxygen atoms in total. The Hall–Kier alpha value is -0.330. The molecule has 0 heterocycles. The molecule has 11 heavy (non-hydrogen) atoms. The first-order chi connectivity index (χ1) is 5.16. The molecule has 0 spiro atoms. The van der Waals surface area contributed by atoms with Gasteiger partial charge >= 0.3 is 0 Å². The maximum atomic E-state index is 8.71. The van der Waals surface area contributed by atoms with Crippen LogP contribution in [-0.4, -0.2) is 0 Å². The van der Waals surface area contributed by atoms with Gasteiger partial charge in [-0.2, -0.15) is 5.26 Å². The molecule has 1 aromatic carbocycles. The molecule has 3 heteroatoms. The Morgan fingerprint density at radius 1 is 1.36 bits per heavy atom. The third kappa shape index (κ3) is 1.63. The summed E-state index contributed by atoms with van der Waals surface area (Å²) in [6.07, 6.45) is 0. The third-order valence-corrected chi connectivity index (χ3v) is 3.08. The van der Waals surface area contributed by atoms with Gasteiger partial charge in [0, 0.05) is 8.95 Å². The average molecular weight is 275 g/mol. The molecule has 0 bridgehead atoms. The van der Waals surface area contributed by atoms with Gasteiger partial charge in [0.25, 0.3) is 0 Å². The topological polar surface area (TPSA) is 23.8 Å². The zero-order chi connectivity index (χ0) is 8.43. The van der Waals surface area contributed by atoms with E-state index in [9.17, 15) is 0 Å². The number of aryl methyl sites for hydroxylation is 1. The van der Waals surface area contributed by atoms with E-state index in [1.165, 1.54) is 0 Å². The number of nitrogens with zero attached hydrogens (tertiary/aromatic N) is 1. The van der Waals surface area contributed by atoms with E-state index in [4.69, 9.17) is 5.26 Å². The minimum absolute atomic E-state index is 0.657. The first-order valence-corrected chi connectivity index (χ1v) is 4.60. The van der Waals surface area contributed by atoms with E-state index >= 15 is 0 Å². The molecular formula is C8H5Br2N. The quantitative estimate of drug-likeness (QED) is 0.711. The van der Waals surface area contributed by atoms with Crippen LogP contribution < -0.4 is 0 Å². The molecule has 0 radical (unpaired) electrons. The van der Waals surface area contributed by atoms with Crippen molar-refractivity contribution in [1.82, 2.24) is 0 Å². The molecule has 56 valence electrons. The van der Waals surface area contributed by atoms with Gasteiger partial charge in [0.2, 0.25) is 0 Å². The van der Waals surface area contributed by atoms with Crippen LogP contribution >= 0.6 is 31.9 Å². The molecule has 0 aromatic heterocycles. The fourth-order valence-electron chi connectivity index (χ4n) is 0.759. The van der Waals surface area contributed by atoms with Gasteiger partial charge in [-0.05, 0) is 50.4 Å². The van der Waals surface area contributed by atoms with Gasteiger partial charge in [0.05, 0.1) is 5.56 Å². The molecular weight excluding hydrogens is 270 g/mol. The Bertz CT molecular complexity index is 326. The number of hydrogen-bond donors (Lipinski definition) is 0. The summed E-state index contributed by atoms with van der Waals surface area (Å²) in [7, 11) is 0. The molecule has 0 saturated heterocycles. The second-order valence-corrected chi connectivity index (χ2v) is 3.81. The van der Waals surface area contributed by atoms with E-state index in [2.05, 4.69) is 37.9 Å². The number of rotatable bonds is 0. The highest BCUT2D eigenvalue weighted by Crippen LogP contribution is 2.27. The Kier molecular flexibility index (Phi) is 2.69. The molecule has 0 N–H and O–H groups in total. The smallest absolute Gasteiger partial charge is 0.102 e. The van der Waals surface area contributed by atoms with Crippen molar-refractivity contribution in [2.75, 3.05) is 0 Å². The van der Waals surface area contributed by atoms with Crippen LogP contribution in [0.25, 0.3) is 0 Å². The van der Waals surface area contributed by atoms with E-state index in [1.807, 2.05) is 19.1 Å². The van der Waals surface area contributed by atoms with Gasteiger partial charge in [-0.1, -0.05) is 6.07 Å². The highest BCUT2D eigenvalue weighted by atomic mass is 79.9. The van der Waals surface area contributed by atoms with Gasteiger partial charge in [-0.3, -0.25) is 0 Å². The van der Waals surface area contributed by atoms with E-state index in [-0.39, 0.29) is 0 Å². The monoisotopic (exact) mass is 273 g/mol. The molecule has 0 amide bonds. The highest BCUT2D eigenvalue weighted by molar-refractivity contribution is 9.11. The first-order valence-electron chi connectivity index (χ1n) is 3.01. The number of hydrogen-bond acceptors (Lipinski definition) is 1. The van der Waals surface area contributed by atoms with Gasteiger partial charge in [-0.15, -0.1) is 0 Å². The van der Waals surface area contributed by atoms with Crippen LogP contribution in [0.2, 0.25) is 0 Å². The SMILES string of the molecule is Cc1ccc(Br)c(C#N)c1Br. The number of benzene rings is 1. The lowest BCUT2D eigenvalue weighted by Gasteiger charge is -2.00. The number of nitriles is 1. The molecule has 1 rings (SSSR count). The molecule has 0 aliphatic rings. The van der Waals surface area contributed by atoms with Crippen molar-refractivity contribution in [2.24, 2.45) is 0 Å². The number of halogens is 2. The minimum atomic E-state index is 0.657. The van der Waals surface area contributed by atoms with Crippen molar-refractivity contribution in [3.8, 4) is 6.07 Å². The molecule has 1 aromatic rings. The highest BCUT2D eigenvalue weighted by Gasteiger charge is 2.05. The Morgan fingerprint density at radius 3 is 2.45 bits per heavy atom. The lowest BCUT2D eigenvalue weighted by Crippen LogP contribution is -1.83. The summed E-state index contributed by atoms with van der Waals surface area (Å²) in [5.74, 6) is 0. The molecule has 0 aliphatic heterocycles. The van der Waals surface area contributed by atoms with E-state index < -0.39 is 0 Å². The van der Waals surface area contributed by atoms with Gasteiger partial charge < -0.3 is 0 Å². The molecule has 0 fully saturated rings. The first kappa shape index (κ1) is 8.76. The van der Waals surface area contributed by atoms with Crippen LogP contribution in [0.1, 0.15) is 11.1 Å². The van der Waals surface area contributed by atoms with E-state index in [0.29, 0.717) is 5.56 Å². The predicted octanol–water partition coefficient (Wildman–Crippen LogP) is 3.39. The Morgan fingerprint density at radius 2 is 2.00 bits per heavy atom. The van der Waals surface area contributed by atoms with E-state index in [0.717, 1.165) is 14.5 Å². The summed E-state index contributed by atoms with van der Waals surface area (Å²) in [6, 6.07) is 5.94. The van der Waals surface area contributed by atoms with Crippen LogP contribution in [0.15, 0.2) is 21.1 Å². The molecule has 0 unspecified atom stereocenters. The predicted molar refractivity (Wildman–Crippen MR) is 51.3 cm³/mol. The van der Waals surface area contributed by atoms with Crippen LogP contribution in [0, 0.1) is 18.3 Å². The Labute approximate surface area is 82.3 Å². The van der Waals surface area contributed by atoms with Crippen LogP contribution in [0.4, 0.5) is 0 Å². The summed E-state index contributed by atoms with van der Waals surface area (Å²) in [5.41, 5.74) is 1.73. The second kappa shape index (κ2) is 3.38. The summed E-state index contributed by atoms with van der Waals surface area (Å²) in [6.45, 7) is 1.96. The maximum Gasteiger partial charge on any atom is 0.102 e. The molecule has 0 atom stereocenters. The van der Waals surface area contributed by atoms with E-state index in [1.54, 1.807) is 0 Å². The zero-order valence-electron chi connectivity index (χ0n) is 5.86. The summed E-state index contributed by atoms with van der Waals surface area (Å²) in [5, 5.41) is 8.71. The standard InChI is InChI=1S/C8H5Br2N/c1-5-2-3-7(9)6(4-11)8(5)10/h2-3H,1H3. The average Bonchev–Trinajstić information content (AvgIpc) is 1.99. The fourth-order valence-corrected chi connectivity index (χ4v) is 1.88. The van der Waals surface area contributed by atoms with Crippen LogP contribution in [0.3, 0.4) is 0 Å². The largest absolute Gasteiger partial charge is 0.192 e. The zero-order valence-corrected chi connectivity index (χ0v) is 9.03.